The van der Waals surface area contributed by atoms with Crippen LogP contribution in [0.25, 0.3) is 0 Å². The Balaban J connectivity index is 2.35. The number of aliphatic hydroxyl groups excluding tert-OH is 1. The number of hydrogen-bond donors (Lipinski definition) is 3. The van der Waals surface area contributed by atoms with Gasteiger partial charge in [0.15, 0.2) is 0 Å². The van der Waals surface area contributed by atoms with E-state index in [1.165, 1.54) is 18.2 Å². The van der Waals surface area contributed by atoms with Crippen LogP contribution in [0.4, 0.5) is 10.1 Å². The van der Waals surface area contributed by atoms with Crippen molar-refractivity contribution in [3.8, 4) is 0 Å². The van der Waals surface area contributed by atoms with E-state index in [1.54, 1.807) is 0 Å². The van der Waals surface area contributed by atoms with E-state index >= 15 is 0 Å². The topological polar surface area (TPSA) is 84.6 Å². The van der Waals surface area contributed by atoms with Crippen molar-refractivity contribution in [3.63, 3.8) is 0 Å². The monoisotopic (exact) mass is 256 g/mol. The van der Waals surface area contributed by atoms with Crippen LogP contribution < -0.4 is 11.1 Å². The molecule has 0 aromatic heterocycles. The Labute approximate surface area is 105 Å². The Morgan fingerprint density at radius 3 is 2.94 bits per heavy atom. The Bertz CT molecular complexity index is 399. The molecule has 0 aliphatic carbocycles. The number of nitrogens with two attached hydrogens (primary N) is 1. The maximum atomic E-state index is 13.1. The summed E-state index contributed by atoms with van der Waals surface area (Å²) in [4.78, 5) is 11.7. The third-order valence-corrected chi connectivity index (χ3v) is 2.28. The van der Waals surface area contributed by atoms with E-state index in [4.69, 9.17) is 15.6 Å². The maximum Gasteiger partial charge on any atom is 0.253 e. The first kappa shape index (κ1) is 14.4. The highest BCUT2D eigenvalue weighted by Crippen LogP contribution is 2.15. The van der Waals surface area contributed by atoms with E-state index in [2.05, 4.69) is 5.32 Å². The van der Waals surface area contributed by atoms with Gasteiger partial charge in [0.05, 0.1) is 24.5 Å². The molecule has 6 heteroatoms. The summed E-state index contributed by atoms with van der Waals surface area (Å²) in [7, 11) is 0. The number of carbonyl (C=O) groups is 1. The molecular weight excluding hydrogens is 239 g/mol. The van der Waals surface area contributed by atoms with E-state index in [1.807, 2.05) is 0 Å². The molecule has 0 aliphatic heterocycles. The van der Waals surface area contributed by atoms with E-state index in [0.29, 0.717) is 19.6 Å². The van der Waals surface area contributed by atoms with Crippen LogP contribution in [0.3, 0.4) is 0 Å². The number of nitrogens with one attached hydrogen (secondary N) is 1. The van der Waals surface area contributed by atoms with E-state index < -0.39 is 11.7 Å². The molecule has 0 unspecified atom stereocenters. The molecule has 0 saturated carbocycles. The summed E-state index contributed by atoms with van der Waals surface area (Å²) >= 11 is 0. The molecule has 18 heavy (non-hydrogen) atoms. The van der Waals surface area contributed by atoms with Crippen LogP contribution in [-0.4, -0.2) is 37.4 Å². The van der Waals surface area contributed by atoms with Gasteiger partial charge in [-0.3, -0.25) is 4.79 Å². The summed E-state index contributed by atoms with van der Waals surface area (Å²) in [5, 5.41) is 11.1. The Hall–Kier alpha value is -1.66. The number of anilines is 1. The molecule has 1 aromatic rings. The van der Waals surface area contributed by atoms with Crippen LogP contribution in [0.5, 0.6) is 0 Å². The molecule has 1 amide bonds. The molecule has 0 aliphatic rings. The summed E-state index contributed by atoms with van der Waals surface area (Å²) in [5.41, 5.74) is 5.45. The lowest BCUT2D eigenvalue weighted by Gasteiger charge is -2.08. The average Bonchev–Trinajstić information content (AvgIpc) is 2.36. The van der Waals surface area contributed by atoms with Crippen LogP contribution in [0.2, 0.25) is 0 Å². The van der Waals surface area contributed by atoms with Crippen molar-refractivity contribution in [3.05, 3.63) is 29.6 Å². The van der Waals surface area contributed by atoms with Gasteiger partial charge in [0.1, 0.15) is 5.82 Å². The summed E-state index contributed by atoms with van der Waals surface area (Å²) < 4.78 is 18.1. The molecule has 1 aromatic carbocycles. The highest BCUT2D eigenvalue weighted by atomic mass is 19.1. The van der Waals surface area contributed by atoms with Gasteiger partial charge >= 0.3 is 0 Å². The van der Waals surface area contributed by atoms with E-state index in [-0.39, 0.29) is 24.5 Å². The van der Waals surface area contributed by atoms with Crippen molar-refractivity contribution in [2.45, 2.75) is 6.42 Å². The van der Waals surface area contributed by atoms with Crippen molar-refractivity contribution < 1.29 is 19.0 Å². The van der Waals surface area contributed by atoms with Gasteiger partial charge in [0.25, 0.3) is 5.91 Å². The molecule has 0 radical (unpaired) electrons. The van der Waals surface area contributed by atoms with Crippen LogP contribution in [0.1, 0.15) is 16.8 Å². The standard InChI is InChI=1S/C12H17FN2O3/c13-10-4-1-3-9(11(10)14)12(17)15-5-2-7-18-8-6-16/h1,3-4,16H,2,5-8,14H2,(H,15,17). The second-order valence-electron chi connectivity index (χ2n) is 3.65. The Morgan fingerprint density at radius 2 is 2.22 bits per heavy atom. The first-order valence-corrected chi connectivity index (χ1v) is 5.67. The molecule has 100 valence electrons. The number of ether oxygens (including phenoxy) is 1. The predicted molar refractivity (Wildman–Crippen MR) is 65.7 cm³/mol. The SMILES string of the molecule is Nc1c(F)cccc1C(=O)NCCCOCCO. The summed E-state index contributed by atoms with van der Waals surface area (Å²) in [5.74, 6) is -1.01. The zero-order valence-corrected chi connectivity index (χ0v) is 9.99. The molecular formula is C12H17FN2O3. The predicted octanol–water partition coefficient (Wildman–Crippen LogP) is 0.537. The van der Waals surface area contributed by atoms with Crippen molar-refractivity contribution in [2.75, 3.05) is 32.1 Å². The number of para-hydroxylation sites is 1. The lowest BCUT2D eigenvalue weighted by Crippen LogP contribution is -2.26. The third-order valence-electron chi connectivity index (χ3n) is 2.28. The zero-order chi connectivity index (χ0) is 13.4. The first-order valence-electron chi connectivity index (χ1n) is 5.67. The van der Waals surface area contributed by atoms with Crippen LogP contribution in [0, 0.1) is 5.82 Å². The molecule has 0 heterocycles. The fourth-order valence-corrected chi connectivity index (χ4v) is 1.37. The first-order chi connectivity index (χ1) is 8.66. The van der Waals surface area contributed by atoms with Gasteiger partial charge in [-0.05, 0) is 18.6 Å². The Kier molecular flexibility index (Phi) is 6.10. The minimum Gasteiger partial charge on any atom is -0.396 e. The number of carbonyl (C=O) groups excluding carboxylic acids is 1. The van der Waals surface area contributed by atoms with Gasteiger partial charge in [0, 0.05) is 13.2 Å². The summed E-state index contributed by atoms with van der Waals surface area (Å²) in [6.07, 6.45) is 0.612. The maximum absolute atomic E-state index is 13.1. The third kappa shape index (κ3) is 4.31. The minimum absolute atomic E-state index is 0.0216. The number of nitrogen functional groups attached to an aromatic ring is 1. The van der Waals surface area contributed by atoms with Gasteiger partial charge in [-0.25, -0.2) is 4.39 Å². The van der Waals surface area contributed by atoms with Crippen LogP contribution >= 0.6 is 0 Å². The van der Waals surface area contributed by atoms with Crippen molar-refractivity contribution in [2.24, 2.45) is 0 Å². The number of rotatable bonds is 7. The summed E-state index contributed by atoms with van der Waals surface area (Å²) in [6, 6.07) is 4.11. The van der Waals surface area contributed by atoms with Crippen LogP contribution in [0.15, 0.2) is 18.2 Å². The highest BCUT2D eigenvalue weighted by molar-refractivity contribution is 5.99. The second-order valence-corrected chi connectivity index (χ2v) is 3.65. The quantitative estimate of drug-likeness (QED) is 0.491. The van der Waals surface area contributed by atoms with Gasteiger partial charge in [0.2, 0.25) is 0 Å². The molecule has 0 spiro atoms. The van der Waals surface area contributed by atoms with Gasteiger partial charge in [-0.1, -0.05) is 6.07 Å². The molecule has 4 N–H and O–H groups in total. The van der Waals surface area contributed by atoms with Gasteiger partial charge in [-0.15, -0.1) is 0 Å². The highest BCUT2D eigenvalue weighted by Gasteiger charge is 2.11. The smallest absolute Gasteiger partial charge is 0.253 e. The van der Waals surface area contributed by atoms with Gasteiger partial charge < -0.3 is 20.9 Å². The molecule has 5 nitrogen and oxygen atoms in total. The van der Waals surface area contributed by atoms with Crippen LogP contribution in [-0.2, 0) is 4.74 Å². The fraction of sp³-hybridized carbons (Fsp3) is 0.417. The second kappa shape index (κ2) is 7.62. The minimum atomic E-state index is -0.603. The van der Waals surface area contributed by atoms with Crippen molar-refractivity contribution >= 4 is 11.6 Å². The lowest BCUT2D eigenvalue weighted by molar-refractivity contribution is 0.0868. The molecule has 1 rings (SSSR count). The molecule has 0 bridgehead atoms. The van der Waals surface area contributed by atoms with E-state index in [9.17, 15) is 9.18 Å². The van der Waals surface area contributed by atoms with E-state index in [0.717, 1.165) is 0 Å². The number of aliphatic hydroxyl groups is 1. The lowest BCUT2D eigenvalue weighted by atomic mass is 10.1. The van der Waals surface area contributed by atoms with Gasteiger partial charge in [-0.2, -0.15) is 0 Å². The Morgan fingerprint density at radius 1 is 1.44 bits per heavy atom. The number of benzene rings is 1. The fourth-order valence-electron chi connectivity index (χ4n) is 1.37. The summed E-state index contributed by atoms with van der Waals surface area (Å²) in [6.45, 7) is 1.11. The number of amides is 1. The number of hydrogen-bond acceptors (Lipinski definition) is 4. The zero-order valence-electron chi connectivity index (χ0n) is 9.99. The molecule has 0 atom stereocenters. The largest absolute Gasteiger partial charge is 0.396 e. The van der Waals surface area contributed by atoms with Crippen molar-refractivity contribution in [1.82, 2.24) is 5.32 Å². The number of halogens is 1. The van der Waals surface area contributed by atoms with Crippen molar-refractivity contribution in [1.29, 1.82) is 0 Å². The normalized spacial score (nSPS) is 10.3. The molecule has 0 saturated heterocycles. The average molecular weight is 256 g/mol. The molecule has 0 fully saturated rings.